The van der Waals surface area contributed by atoms with E-state index in [0.717, 1.165) is 37.2 Å². The summed E-state index contributed by atoms with van der Waals surface area (Å²) in [5, 5.41) is 22.9. The molecule has 2 aliphatic rings. The molecule has 1 aliphatic carbocycles. The third-order valence-electron chi connectivity index (χ3n) is 5.23. The van der Waals surface area contributed by atoms with Crippen molar-refractivity contribution < 1.29 is 5.11 Å². The normalized spacial score (nSPS) is 24.1. The Balaban J connectivity index is 0.00000104. The van der Waals surface area contributed by atoms with Crippen LogP contribution in [0.15, 0.2) is 30.5 Å². The number of benzene rings is 1. The number of fused-ring (bicyclic) bond motifs is 2. The van der Waals surface area contributed by atoms with E-state index in [1.165, 1.54) is 5.56 Å². The van der Waals surface area contributed by atoms with Gasteiger partial charge in [-0.3, -0.25) is 0 Å². The lowest BCUT2D eigenvalue weighted by molar-refractivity contribution is 0.0421. The number of rotatable bonds is 2. The molecule has 0 radical (unpaired) electrons. The average Bonchev–Trinajstić information content (AvgIpc) is 3.12. The van der Waals surface area contributed by atoms with Gasteiger partial charge in [0.2, 0.25) is 0 Å². The molecule has 0 saturated carbocycles. The summed E-state index contributed by atoms with van der Waals surface area (Å²) in [5.74, 6) is 0. The number of hydrogen-bond donors (Lipinski definition) is 3. The van der Waals surface area contributed by atoms with Crippen molar-refractivity contribution in [1.82, 2.24) is 20.3 Å². The van der Waals surface area contributed by atoms with Crippen molar-refractivity contribution >= 4 is 24.8 Å². The predicted octanol–water partition coefficient (Wildman–Crippen LogP) is 1.17. The summed E-state index contributed by atoms with van der Waals surface area (Å²) in [7, 11) is 0. The first kappa shape index (κ1) is 19.1. The van der Waals surface area contributed by atoms with E-state index in [1.807, 2.05) is 12.3 Å². The highest BCUT2D eigenvalue weighted by Gasteiger charge is 2.52. The molecule has 2 atom stereocenters. The second-order valence-electron chi connectivity index (χ2n) is 6.28. The van der Waals surface area contributed by atoms with E-state index in [2.05, 4.69) is 33.8 Å². The Bertz CT molecular complexity index is 687. The third-order valence-corrected chi connectivity index (χ3v) is 5.23. The molecule has 6 nitrogen and oxygen atoms in total. The zero-order valence-electron chi connectivity index (χ0n) is 13.3. The Kier molecular flexibility index (Phi) is 5.88. The maximum absolute atomic E-state index is 11.2. The fourth-order valence-corrected chi connectivity index (χ4v) is 4.11. The molecule has 4 N–H and O–H groups in total. The first-order valence-electron chi connectivity index (χ1n) is 7.85. The van der Waals surface area contributed by atoms with Crippen LogP contribution in [-0.2, 0) is 12.0 Å². The van der Waals surface area contributed by atoms with Crippen LogP contribution in [0, 0.1) is 0 Å². The van der Waals surface area contributed by atoms with E-state index in [4.69, 9.17) is 5.73 Å². The largest absolute Gasteiger partial charge is 0.390 e. The highest BCUT2D eigenvalue weighted by molar-refractivity contribution is 5.85. The van der Waals surface area contributed by atoms with Crippen molar-refractivity contribution in [2.24, 2.45) is 5.73 Å². The molecule has 8 heteroatoms. The van der Waals surface area contributed by atoms with Gasteiger partial charge in [-0.25, -0.2) is 4.68 Å². The SMILES string of the molecule is Cl.Cl.NCc1cn([C@@H]2c3ccccc3C3(CCNCC3)[C@H]2O)nn1. The van der Waals surface area contributed by atoms with Gasteiger partial charge in [-0.1, -0.05) is 29.5 Å². The van der Waals surface area contributed by atoms with Crippen LogP contribution in [0.5, 0.6) is 0 Å². The van der Waals surface area contributed by atoms with Gasteiger partial charge in [0, 0.05) is 12.0 Å². The van der Waals surface area contributed by atoms with E-state index in [-0.39, 0.29) is 36.3 Å². The van der Waals surface area contributed by atoms with Crippen LogP contribution >= 0.6 is 24.8 Å². The molecule has 2 aromatic rings. The Morgan fingerprint density at radius 2 is 1.96 bits per heavy atom. The third kappa shape index (κ3) is 2.72. The lowest BCUT2D eigenvalue weighted by Crippen LogP contribution is -2.47. The Labute approximate surface area is 153 Å². The summed E-state index contributed by atoms with van der Waals surface area (Å²) in [5.41, 5.74) is 8.63. The van der Waals surface area contributed by atoms with Crippen LogP contribution in [0.2, 0.25) is 0 Å². The van der Waals surface area contributed by atoms with E-state index in [0.29, 0.717) is 6.54 Å². The van der Waals surface area contributed by atoms with Crippen LogP contribution in [0.3, 0.4) is 0 Å². The number of halogens is 2. The van der Waals surface area contributed by atoms with Crippen LogP contribution in [-0.4, -0.2) is 39.3 Å². The van der Waals surface area contributed by atoms with Gasteiger partial charge >= 0.3 is 0 Å². The van der Waals surface area contributed by atoms with Gasteiger partial charge in [0.1, 0.15) is 6.04 Å². The van der Waals surface area contributed by atoms with Crippen LogP contribution in [0.1, 0.15) is 35.7 Å². The van der Waals surface area contributed by atoms with Crippen molar-refractivity contribution in [3.05, 3.63) is 47.3 Å². The number of aliphatic hydroxyl groups is 1. The lowest BCUT2D eigenvalue weighted by atomic mass is 9.72. The highest BCUT2D eigenvalue weighted by Crippen LogP contribution is 2.51. The maximum atomic E-state index is 11.2. The first-order valence-corrected chi connectivity index (χ1v) is 7.85. The molecule has 24 heavy (non-hydrogen) atoms. The predicted molar refractivity (Wildman–Crippen MR) is 96.8 cm³/mol. The fourth-order valence-electron chi connectivity index (χ4n) is 4.11. The summed E-state index contributed by atoms with van der Waals surface area (Å²) >= 11 is 0. The second kappa shape index (κ2) is 7.37. The second-order valence-corrected chi connectivity index (χ2v) is 6.28. The van der Waals surface area contributed by atoms with Gasteiger partial charge in [-0.05, 0) is 37.1 Å². The molecule has 4 rings (SSSR count). The molecular formula is C16H23Cl2N5O. The van der Waals surface area contributed by atoms with Gasteiger partial charge in [-0.15, -0.1) is 29.9 Å². The van der Waals surface area contributed by atoms with Crippen molar-refractivity contribution in [2.45, 2.75) is 36.9 Å². The lowest BCUT2D eigenvalue weighted by Gasteiger charge is -2.38. The average molecular weight is 372 g/mol. The van der Waals surface area contributed by atoms with E-state index < -0.39 is 6.10 Å². The van der Waals surface area contributed by atoms with Crippen molar-refractivity contribution in [3.63, 3.8) is 0 Å². The Morgan fingerprint density at radius 1 is 1.25 bits per heavy atom. The first-order chi connectivity index (χ1) is 10.8. The molecular weight excluding hydrogens is 349 g/mol. The zero-order chi connectivity index (χ0) is 15.2. The smallest absolute Gasteiger partial charge is 0.106 e. The van der Waals surface area contributed by atoms with Crippen LogP contribution in [0.4, 0.5) is 0 Å². The molecule has 1 spiro atoms. The molecule has 1 fully saturated rings. The quantitative estimate of drug-likeness (QED) is 0.737. The zero-order valence-corrected chi connectivity index (χ0v) is 14.9. The molecule has 1 aromatic heterocycles. The van der Waals surface area contributed by atoms with Crippen LogP contribution < -0.4 is 11.1 Å². The highest BCUT2D eigenvalue weighted by atomic mass is 35.5. The minimum atomic E-state index is -0.487. The summed E-state index contributed by atoms with van der Waals surface area (Å²) in [6.45, 7) is 2.23. The molecule has 2 heterocycles. The number of hydrogen-bond acceptors (Lipinski definition) is 5. The van der Waals surface area contributed by atoms with Crippen molar-refractivity contribution in [1.29, 1.82) is 0 Å². The van der Waals surface area contributed by atoms with Crippen molar-refractivity contribution in [2.75, 3.05) is 13.1 Å². The number of nitrogens with two attached hydrogens (primary N) is 1. The van der Waals surface area contributed by atoms with Gasteiger partial charge in [0.25, 0.3) is 0 Å². The monoisotopic (exact) mass is 371 g/mol. The van der Waals surface area contributed by atoms with Crippen molar-refractivity contribution in [3.8, 4) is 0 Å². The Morgan fingerprint density at radius 3 is 2.62 bits per heavy atom. The molecule has 0 bridgehead atoms. The van der Waals surface area contributed by atoms with E-state index in [1.54, 1.807) is 4.68 Å². The number of piperidine rings is 1. The van der Waals surface area contributed by atoms with Crippen LogP contribution in [0.25, 0.3) is 0 Å². The number of aromatic nitrogens is 3. The summed E-state index contributed by atoms with van der Waals surface area (Å²) in [6, 6.07) is 8.17. The van der Waals surface area contributed by atoms with E-state index in [9.17, 15) is 5.11 Å². The summed E-state index contributed by atoms with van der Waals surface area (Å²) in [4.78, 5) is 0. The van der Waals surface area contributed by atoms with Gasteiger partial charge < -0.3 is 16.2 Å². The molecule has 1 aliphatic heterocycles. The summed E-state index contributed by atoms with van der Waals surface area (Å²) < 4.78 is 1.78. The number of nitrogens with one attached hydrogen (secondary N) is 1. The molecule has 1 saturated heterocycles. The maximum Gasteiger partial charge on any atom is 0.106 e. The minimum Gasteiger partial charge on any atom is -0.390 e. The topological polar surface area (TPSA) is 89.0 Å². The minimum absolute atomic E-state index is 0. The molecule has 0 amide bonds. The van der Waals surface area contributed by atoms with Gasteiger partial charge in [0.15, 0.2) is 0 Å². The van der Waals surface area contributed by atoms with Gasteiger partial charge in [-0.2, -0.15) is 0 Å². The summed E-state index contributed by atoms with van der Waals surface area (Å²) in [6.07, 6.45) is 3.25. The molecule has 1 aromatic carbocycles. The number of nitrogens with zero attached hydrogens (tertiary/aromatic N) is 3. The molecule has 132 valence electrons. The fraction of sp³-hybridized carbons (Fsp3) is 0.500. The standard InChI is InChI=1S/C16H21N5O.2ClH/c17-9-11-10-21(20-19-11)14-12-3-1-2-4-13(12)16(15(14)22)5-7-18-8-6-16;;/h1-4,10,14-15,18,22H,5-9,17H2;2*1H/t14-,15+;;/m1../s1. The Hall–Kier alpha value is -1.18. The number of aliphatic hydroxyl groups excluding tert-OH is 1. The molecule has 0 unspecified atom stereocenters. The van der Waals surface area contributed by atoms with Gasteiger partial charge in [0.05, 0.1) is 18.0 Å². The van der Waals surface area contributed by atoms with E-state index >= 15 is 0 Å².